The molecule has 4 nitrogen and oxygen atoms in total. The Kier molecular flexibility index (Phi) is 5.74. The van der Waals surface area contributed by atoms with Gasteiger partial charge in [0.15, 0.2) is 0 Å². The molecular formula is C22H24O4. The number of para-hydroxylation sites is 1. The summed E-state index contributed by atoms with van der Waals surface area (Å²) >= 11 is 0. The molecule has 1 fully saturated rings. The molecule has 0 aliphatic carbocycles. The second-order valence-corrected chi connectivity index (χ2v) is 6.61. The molecule has 26 heavy (non-hydrogen) atoms. The van der Waals surface area contributed by atoms with Gasteiger partial charge in [-0.3, -0.25) is 0 Å². The summed E-state index contributed by atoms with van der Waals surface area (Å²) in [7, 11) is 1.37. The van der Waals surface area contributed by atoms with Gasteiger partial charge >= 0.3 is 5.97 Å². The molecule has 0 saturated carbocycles. The third kappa shape index (κ3) is 4.33. The van der Waals surface area contributed by atoms with Gasteiger partial charge in [-0.2, -0.15) is 0 Å². The van der Waals surface area contributed by atoms with Gasteiger partial charge in [-0.1, -0.05) is 42.5 Å². The molecule has 2 aromatic rings. The summed E-state index contributed by atoms with van der Waals surface area (Å²) in [5, 5.41) is 0. The van der Waals surface area contributed by atoms with E-state index in [-0.39, 0.29) is 18.2 Å². The minimum atomic E-state index is -0.341. The Hall–Kier alpha value is -2.59. The summed E-state index contributed by atoms with van der Waals surface area (Å²) in [5.41, 5.74) is 3.77. The lowest BCUT2D eigenvalue weighted by Crippen LogP contribution is -2.21. The van der Waals surface area contributed by atoms with Crippen LogP contribution in [0, 0.1) is 0 Å². The Morgan fingerprint density at radius 3 is 2.58 bits per heavy atom. The van der Waals surface area contributed by atoms with Crippen LogP contribution in [-0.4, -0.2) is 19.2 Å². The van der Waals surface area contributed by atoms with Crippen LogP contribution in [0.2, 0.25) is 0 Å². The van der Waals surface area contributed by atoms with E-state index >= 15 is 0 Å². The largest absolute Gasteiger partial charge is 0.489 e. The van der Waals surface area contributed by atoms with Crippen LogP contribution in [0.5, 0.6) is 5.75 Å². The summed E-state index contributed by atoms with van der Waals surface area (Å²) in [6.45, 7) is 6.63. The summed E-state index contributed by atoms with van der Waals surface area (Å²) in [4.78, 5) is 11.5. The molecule has 1 aliphatic heterocycles. The van der Waals surface area contributed by atoms with Crippen LogP contribution >= 0.6 is 0 Å². The van der Waals surface area contributed by atoms with E-state index in [1.54, 1.807) is 12.1 Å². The molecule has 2 atom stereocenters. The number of hydrogen-bond acceptors (Lipinski definition) is 4. The van der Waals surface area contributed by atoms with Crippen molar-refractivity contribution < 1.29 is 19.0 Å². The van der Waals surface area contributed by atoms with Crippen LogP contribution in [0.3, 0.4) is 0 Å². The van der Waals surface area contributed by atoms with E-state index < -0.39 is 0 Å². The average Bonchev–Trinajstić information content (AvgIpc) is 2.65. The molecule has 2 unspecified atom stereocenters. The van der Waals surface area contributed by atoms with Crippen molar-refractivity contribution in [2.45, 2.75) is 38.6 Å². The molecular weight excluding hydrogens is 328 g/mol. The number of ether oxygens (including phenoxy) is 3. The zero-order valence-electron chi connectivity index (χ0n) is 15.2. The second-order valence-electron chi connectivity index (χ2n) is 6.61. The predicted octanol–water partition coefficient (Wildman–Crippen LogP) is 4.85. The SMILES string of the molecule is C=C1CC(C)OC(c2ccccc2OCc2ccc(C(=O)OC)cc2)C1. The average molecular weight is 352 g/mol. The van der Waals surface area contributed by atoms with E-state index in [2.05, 4.69) is 13.5 Å². The van der Waals surface area contributed by atoms with Gasteiger partial charge in [0, 0.05) is 5.56 Å². The van der Waals surface area contributed by atoms with E-state index in [0.717, 1.165) is 29.7 Å². The standard InChI is InChI=1S/C22H24O4/c1-15-12-16(2)26-21(13-15)19-6-4-5-7-20(19)25-14-17-8-10-18(11-9-17)22(23)24-3/h4-11,16,21H,1,12-14H2,2-3H3. The smallest absolute Gasteiger partial charge is 0.337 e. The van der Waals surface area contributed by atoms with Gasteiger partial charge in [0.2, 0.25) is 0 Å². The number of carbonyl (C=O) groups excluding carboxylic acids is 1. The minimum Gasteiger partial charge on any atom is -0.489 e. The Morgan fingerprint density at radius 2 is 1.88 bits per heavy atom. The van der Waals surface area contributed by atoms with Crippen molar-refractivity contribution in [3.05, 3.63) is 77.4 Å². The summed E-state index contributed by atoms with van der Waals surface area (Å²) in [6.07, 6.45) is 1.87. The van der Waals surface area contributed by atoms with Crippen molar-refractivity contribution in [1.29, 1.82) is 0 Å². The highest BCUT2D eigenvalue weighted by atomic mass is 16.5. The van der Waals surface area contributed by atoms with Crippen molar-refractivity contribution >= 4 is 5.97 Å². The molecule has 1 saturated heterocycles. The third-order valence-electron chi connectivity index (χ3n) is 4.48. The van der Waals surface area contributed by atoms with Crippen LogP contribution in [0.25, 0.3) is 0 Å². The van der Waals surface area contributed by atoms with Crippen LogP contribution in [0.1, 0.15) is 47.4 Å². The number of carbonyl (C=O) groups is 1. The Balaban J connectivity index is 1.70. The normalized spacial score (nSPS) is 19.8. The molecule has 0 aromatic heterocycles. The highest BCUT2D eigenvalue weighted by Gasteiger charge is 2.25. The molecule has 4 heteroatoms. The van der Waals surface area contributed by atoms with Gasteiger partial charge in [-0.05, 0) is 43.5 Å². The molecule has 2 aromatic carbocycles. The first-order valence-corrected chi connectivity index (χ1v) is 8.78. The lowest BCUT2D eigenvalue weighted by Gasteiger charge is -2.30. The Labute approximate surface area is 154 Å². The Bertz CT molecular complexity index is 779. The molecule has 3 rings (SSSR count). The molecule has 0 amide bonds. The van der Waals surface area contributed by atoms with Gasteiger partial charge < -0.3 is 14.2 Å². The number of esters is 1. The van der Waals surface area contributed by atoms with Gasteiger partial charge in [-0.25, -0.2) is 4.79 Å². The zero-order valence-corrected chi connectivity index (χ0v) is 15.2. The van der Waals surface area contributed by atoms with E-state index in [4.69, 9.17) is 14.2 Å². The van der Waals surface area contributed by atoms with E-state index in [1.165, 1.54) is 12.7 Å². The molecule has 1 aliphatic rings. The molecule has 136 valence electrons. The van der Waals surface area contributed by atoms with Gasteiger partial charge in [0.1, 0.15) is 12.4 Å². The fourth-order valence-corrected chi connectivity index (χ4v) is 3.21. The number of rotatable bonds is 5. The highest BCUT2D eigenvalue weighted by molar-refractivity contribution is 5.89. The fraction of sp³-hybridized carbons (Fsp3) is 0.318. The first-order chi connectivity index (χ1) is 12.6. The molecule has 0 bridgehead atoms. The predicted molar refractivity (Wildman–Crippen MR) is 100 cm³/mol. The number of benzene rings is 2. The van der Waals surface area contributed by atoms with Crippen molar-refractivity contribution in [3.8, 4) is 5.75 Å². The van der Waals surface area contributed by atoms with Crippen molar-refractivity contribution in [2.75, 3.05) is 7.11 Å². The third-order valence-corrected chi connectivity index (χ3v) is 4.48. The van der Waals surface area contributed by atoms with Gasteiger partial charge in [0.05, 0.1) is 24.9 Å². The van der Waals surface area contributed by atoms with E-state index in [0.29, 0.717) is 12.2 Å². The fourth-order valence-electron chi connectivity index (χ4n) is 3.21. The van der Waals surface area contributed by atoms with E-state index in [1.807, 2.05) is 36.4 Å². The monoisotopic (exact) mass is 352 g/mol. The van der Waals surface area contributed by atoms with Crippen LogP contribution in [0.15, 0.2) is 60.7 Å². The first-order valence-electron chi connectivity index (χ1n) is 8.78. The number of hydrogen-bond donors (Lipinski definition) is 0. The van der Waals surface area contributed by atoms with Crippen molar-refractivity contribution in [2.24, 2.45) is 0 Å². The molecule has 0 radical (unpaired) electrons. The lowest BCUT2D eigenvalue weighted by atomic mass is 9.95. The minimum absolute atomic E-state index is 0.0239. The summed E-state index contributed by atoms with van der Waals surface area (Å²) in [5.74, 6) is 0.475. The highest BCUT2D eigenvalue weighted by Crippen LogP contribution is 2.37. The molecule has 0 N–H and O–H groups in total. The zero-order chi connectivity index (χ0) is 18.5. The van der Waals surface area contributed by atoms with Crippen molar-refractivity contribution in [1.82, 2.24) is 0 Å². The van der Waals surface area contributed by atoms with E-state index in [9.17, 15) is 4.79 Å². The first kappa shape index (κ1) is 18.2. The van der Waals surface area contributed by atoms with Gasteiger partial charge in [-0.15, -0.1) is 0 Å². The maximum atomic E-state index is 11.5. The maximum absolute atomic E-state index is 11.5. The molecule has 0 spiro atoms. The maximum Gasteiger partial charge on any atom is 0.337 e. The topological polar surface area (TPSA) is 44.8 Å². The second kappa shape index (κ2) is 8.19. The van der Waals surface area contributed by atoms with Crippen LogP contribution in [0.4, 0.5) is 0 Å². The van der Waals surface area contributed by atoms with Crippen molar-refractivity contribution in [3.63, 3.8) is 0 Å². The van der Waals surface area contributed by atoms with Crippen LogP contribution < -0.4 is 4.74 Å². The van der Waals surface area contributed by atoms with Crippen LogP contribution in [-0.2, 0) is 16.1 Å². The van der Waals surface area contributed by atoms with Gasteiger partial charge in [0.25, 0.3) is 0 Å². The summed E-state index contributed by atoms with van der Waals surface area (Å²) < 4.78 is 16.9. The quantitative estimate of drug-likeness (QED) is 0.570. The number of methoxy groups -OCH3 is 1. The lowest BCUT2D eigenvalue weighted by molar-refractivity contribution is -0.0237. The molecule has 1 heterocycles. The Morgan fingerprint density at radius 1 is 1.15 bits per heavy atom. The summed E-state index contributed by atoms with van der Waals surface area (Å²) in [6, 6.07) is 15.2.